The zero-order chi connectivity index (χ0) is 25.8. The summed E-state index contributed by atoms with van der Waals surface area (Å²) in [5.41, 5.74) is 9.32. The van der Waals surface area contributed by atoms with Crippen LogP contribution in [0.25, 0.3) is 0 Å². The molecule has 10 heteroatoms. The van der Waals surface area contributed by atoms with Crippen LogP contribution in [0.15, 0.2) is 48.5 Å². The van der Waals surface area contributed by atoms with E-state index < -0.39 is 30.0 Å². The van der Waals surface area contributed by atoms with E-state index in [-0.39, 0.29) is 23.0 Å². The van der Waals surface area contributed by atoms with Crippen LogP contribution < -0.4 is 31.2 Å². The molecule has 0 atom stereocenters. The zero-order valence-electron chi connectivity index (χ0n) is 20.3. The normalized spacial score (nSPS) is 10.5. The maximum atomic E-state index is 12.4. The molecule has 10 nitrogen and oxygen atoms in total. The maximum Gasteiger partial charge on any atom is 0.273 e. The largest absolute Gasteiger partial charge is 0.492 e. The van der Waals surface area contributed by atoms with Crippen molar-refractivity contribution in [3.8, 4) is 11.5 Å². The molecule has 0 aliphatic heterocycles. The van der Waals surface area contributed by atoms with Crippen LogP contribution in [0.5, 0.6) is 11.5 Å². The summed E-state index contributed by atoms with van der Waals surface area (Å²) < 4.78 is 11.3. The van der Waals surface area contributed by atoms with Crippen molar-refractivity contribution in [2.45, 2.75) is 34.1 Å². The number of ether oxygens (including phenoxy) is 2. The summed E-state index contributed by atoms with van der Waals surface area (Å²) in [7, 11) is 0. The second-order valence-corrected chi connectivity index (χ2v) is 8.58. The summed E-state index contributed by atoms with van der Waals surface area (Å²) in [4.78, 5) is 49.0. The molecule has 0 bridgehead atoms. The molecular formula is C25H32N4O6. The summed E-state index contributed by atoms with van der Waals surface area (Å²) in [6.45, 7) is 8.78. The Kier molecular flexibility index (Phi) is 10.5. The van der Waals surface area contributed by atoms with Crippen LogP contribution in [0.1, 0.15) is 54.8 Å². The summed E-state index contributed by atoms with van der Waals surface area (Å²) in [5.74, 6) is -1.43. The summed E-state index contributed by atoms with van der Waals surface area (Å²) >= 11 is 0. The number of amides is 4. The van der Waals surface area contributed by atoms with E-state index in [0.29, 0.717) is 24.7 Å². The van der Waals surface area contributed by atoms with Crippen molar-refractivity contribution in [1.82, 2.24) is 21.7 Å². The van der Waals surface area contributed by atoms with Gasteiger partial charge in [-0.3, -0.25) is 40.9 Å². The minimum Gasteiger partial charge on any atom is -0.492 e. The van der Waals surface area contributed by atoms with E-state index in [0.717, 1.165) is 0 Å². The summed E-state index contributed by atoms with van der Waals surface area (Å²) in [6, 6.07) is 13.2. The van der Waals surface area contributed by atoms with Gasteiger partial charge in [0, 0.05) is 0 Å². The molecule has 4 amide bonds. The Morgan fingerprint density at radius 2 is 1.00 bits per heavy atom. The molecule has 0 saturated heterocycles. The molecule has 188 valence electrons. The third-order valence-corrected chi connectivity index (χ3v) is 4.36. The van der Waals surface area contributed by atoms with Crippen molar-refractivity contribution in [1.29, 1.82) is 0 Å². The minimum absolute atomic E-state index is 0.239. The predicted octanol–water partition coefficient (Wildman–Crippen LogP) is 2.37. The first-order chi connectivity index (χ1) is 16.7. The van der Waals surface area contributed by atoms with Crippen LogP contribution in [0.3, 0.4) is 0 Å². The van der Waals surface area contributed by atoms with Gasteiger partial charge in [-0.05, 0) is 36.1 Å². The number of hydrazine groups is 2. The standard InChI is InChI=1S/C25H32N4O6/c1-16(2)14-34-20-11-7-5-9-18(20)24(32)28-26-22(30)13-23(31)27-29-25(33)19-10-6-8-12-21(19)35-15-17(3)4/h5-12,16-17H,13-15H2,1-4H3,(H,26,30)(H,27,31)(H,28,32)(H,29,33). The molecule has 0 radical (unpaired) electrons. The molecule has 2 aromatic rings. The summed E-state index contributed by atoms with van der Waals surface area (Å²) in [5, 5.41) is 0. The van der Waals surface area contributed by atoms with Gasteiger partial charge < -0.3 is 9.47 Å². The van der Waals surface area contributed by atoms with Gasteiger partial charge >= 0.3 is 0 Å². The van der Waals surface area contributed by atoms with Gasteiger partial charge in [-0.1, -0.05) is 52.0 Å². The number of carbonyl (C=O) groups excluding carboxylic acids is 4. The fraction of sp³-hybridized carbons (Fsp3) is 0.360. The van der Waals surface area contributed by atoms with Gasteiger partial charge in [0.1, 0.15) is 17.9 Å². The molecule has 0 aliphatic carbocycles. The highest BCUT2D eigenvalue weighted by molar-refractivity contribution is 6.02. The minimum atomic E-state index is -0.772. The van der Waals surface area contributed by atoms with Crippen LogP contribution in [-0.4, -0.2) is 36.8 Å². The third kappa shape index (κ3) is 9.36. The molecule has 4 N–H and O–H groups in total. The Hall–Kier alpha value is -4.08. The Morgan fingerprint density at radius 1 is 0.629 bits per heavy atom. The molecule has 0 spiro atoms. The average Bonchev–Trinajstić information content (AvgIpc) is 2.83. The maximum absolute atomic E-state index is 12.4. The van der Waals surface area contributed by atoms with Gasteiger partial charge in [-0.15, -0.1) is 0 Å². The molecule has 2 rings (SSSR count). The molecule has 0 aromatic heterocycles. The Morgan fingerprint density at radius 3 is 1.37 bits per heavy atom. The van der Waals surface area contributed by atoms with Crippen LogP contribution in [0.2, 0.25) is 0 Å². The lowest BCUT2D eigenvalue weighted by Gasteiger charge is -2.14. The quantitative estimate of drug-likeness (QED) is 0.302. The Bertz CT molecular complexity index is 957. The Labute approximate surface area is 204 Å². The van der Waals surface area contributed by atoms with E-state index in [1.807, 2.05) is 27.7 Å². The fourth-order valence-electron chi connectivity index (χ4n) is 2.69. The highest BCUT2D eigenvalue weighted by Crippen LogP contribution is 2.19. The SMILES string of the molecule is CC(C)COc1ccccc1C(=O)NNC(=O)CC(=O)NNC(=O)c1ccccc1OCC(C)C. The van der Waals surface area contributed by atoms with Gasteiger partial charge in [0.2, 0.25) is 11.8 Å². The van der Waals surface area contributed by atoms with E-state index in [9.17, 15) is 19.2 Å². The molecule has 0 aliphatic rings. The van der Waals surface area contributed by atoms with E-state index in [1.54, 1.807) is 48.5 Å². The average molecular weight is 485 g/mol. The number of hydrogen-bond donors (Lipinski definition) is 4. The van der Waals surface area contributed by atoms with E-state index in [2.05, 4.69) is 21.7 Å². The van der Waals surface area contributed by atoms with Gasteiger partial charge in [-0.25, -0.2) is 0 Å². The number of rotatable bonds is 10. The second-order valence-electron chi connectivity index (χ2n) is 8.58. The van der Waals surface area contributed by atoms with Crippen molar-refractivity contribution in [3.63, 3.8) is 0 Å². The van der Waals surface area contributed by atoms with E-state index in [4.69, 9.17) is 9.47 Å². The molecular weight excluding hydrogens is 452 g/mol. The topological polar surface area (TPSA) is 135 Å². The van der Waals surface area contributed by atoms with Crippen molar-refractivity contribution < 1.29 is 28.7 Å². The number of nitrogens with one attached hydrogen (secondary N) is 4. The lowest BCUT2D eigenvalue weighted by molar-refractivity contribution is -0.130. The first-order valence-electron chi connectivity index (χ1n) is 11.3. The van der Waals surface area contributed by atoms with Crippen molar-refractivity contribution >= 4 is 23.6 Å². The first-order valence-corrected chi connectivity index (χ1v) is 11.3. The molecule has 0 saturated carbocycles. The number of benzene rings is 2. The van der Waals surface area contributed by atoms with Crippen LogP contribution in [0, 0.1) is 11.8 Å². The molecule has 35 heavy (non-hydrogen) atoms. The van der Waals surface area contributed by atoms with Gasteiger partial charge in [0.25, 0.3) is 11.8 Å². The second kappa shape index (κ2) is 13.6. The zero-order valence-corrected chi connectivity index (χ0v) is 20.3. The molecule has 0 fully saturated rings. The van der Waals surface area contributed by atoms with Crippen molar-refractivity contribution in [2.24, 2.45) is 11.8 Å². The van der Waals surface area contributed by atoms with Crippen LogP contribution in [0.4, 0.5) is 0 Å². The van der Waals surface area contributed by atoms with Crippen LogP contribution in [-0.2, 0) is 9.59 Å². The Balaban J connectivity index is 1.82. The predicted molar refractivity (Wildman–Crippen MR) is 129 cm³/mol. The number of carbonyl (C=O) groups is 4. The lowest BCUT2D eigenvalue weighted by Crippen LogP contribution is -2.46. The molecule has 2 aromatic carbocycles. The van der Waals surface area contributed by atoms with Gasteiger partial charge in [-0.2, -0.15) is 0 Å². The highest BCUT2D eigenvalue weighted by Gasteiger charge is 2.17. The first kappa shape index (κ1) is 27.2. The summed E-state index contributed by atoms with van der Waals surface area (Å²) in [6.07, 6.45) is -0.627. The number of hydrogen-bond acceptors (Lipinski definition) is 6. The van der Waals surface area contributed by atoms with E-state index >= 15 is 0 Å². The molecule has 0 heterocycles. The molecule has 0 unspecified atom stereocenters. The third-order valence-electron chi connectivity index (χ3n) is 4.36. The lowest BCUT2D eigenvalue weighted by atomic mass is 10.2. The van der Waals surface area contributed by atoms with Crippen molar-refractivity contribution in [2.75, 3.05) is 13.2 Å². The van der Waals surface area contributed by atoms with Gasteiger partial charge in [0.15, 0.2) is 0 Å². The fourth-order valence-corrected chi connectivity index (χ4v) is 2.69. The highest BCUT2D eigenvalue weighted by atomic mass is 16.5. The van der Waals surface area contributed by atoms with Crippen LogP contribution >= 0.6 is 0 Å². The smallest absolute Gasteiger partial charge is 0.273 e. The van der Waals surface area contributed by atoms with Gasteiger partial charge in [0.05, 0.1) is 24.3 Å². The monoisotopic (exact) mass is 484 g/mol. The van der Waals surface area contributed by atoms with E-state index in [1.165, 1.54) is 0 Å². The van der Waals surface area contributed by atoms with Crippen molar-refractivity contribution in [3.05, 3.63) is 59.7 Å². The number of para-hydroxylation sites is 2.